The molecule has 0 amide bonds. The van der Waals surface area contributed by atoms with Crippen LogP contribution in [0.5, 0.6) is 11.5 Å². The molecule has 0 aliphatic heterocycles. The molecule has 1 aromatic carbocycles. The number of ether oxygens (including phenoxy) is 2. The van der Waals surface area contributed by atoms with E-state index in [0.717, 1.165) is 23.6 Å². The third-order valence-corrected chi connectivity index (χ3v) is 3.35. The second-order valence-electron chi connectivity index (χ2n) is 4.81. The zero-order chi connectivity index (χ0) is 15.2. The Morgan fingerprint density at radius 1 is 1.14 bits per heavy atom. The molecule has 5 heteroatoms. The van der Waals surface area contributed by atoms with Crippen molar-refractivity contribution in [2.45, 2.75) is 19.4 Å². The number of hydrogen-bond acceptors (Lipinski definition) is 4. The number of nitrogens with one attached hydrogen (secondary N) is 1. The van der Waals surface area contributed by atoms with E-state index in [1.165, 1.54) is 5.56 Å². The molecule has 0 bridgehead atoms. The number of aromatic nitrogens is 1. The predicted octanol–water partition coefficient (Wildman–Crippen LogP) is 3.80. The van der Waals surface area contributed by atoms with Gasteiger partial charge in [-0.3, -0.25) is 0 Å². The fourth-order valence-electron chi connectivity index (χ4n) is 2.16. The molecule has 21 heavy (non-hydrogen) atoms. The summed E-state index contributed by atoms with van der Waals surface area (Å²) in [5.74, 6) is 1.49. The average Bonchev–Trinajstić information content (AvgIpc) is 2.49. The third-order valence-electron chi connectivity index (χ3n) is 3.13. The van der Waals surface area contributed by atoms with Crippen LogP contribution in [-0.2, 0) is 6.42 Å². The lowest BCUT2D eigenvalue weighted by Gasteiger charge is -2.16. The minimum absolute atomic E-state index is 0.256. The van der Waals surface area contributed by atoms with E-state index in [0.29, 0.717) is 5.15 Å². The highest BCUT2D eigenvalue weighted by Crippen LogP contribution is 2.28. The summed E-state index contributed by atoms with van der Waals surface area (Å²) in [6.07, 6.45) is 2.59. The van der Waals surface area contributed by atoms with Crippen molar-refractivity contribution >= 4 is 17.3 Å². The summed E-state index contributed by atoms with van der Waals surface area (Å²) < 4.78 is 10.6. The van der Waals surface area contributed by atoms with Crippen LogP contribution in [0.2, 0.25) is 5.15 Å². The predicted molar refractivity (Wildman–Crippen MR) is 85.6 cm³/mol. The van der Waals surface area contributed by atoms with Gasteiger partial charge < -0.3 is 14.8 Å². The number of rotatable bonds is 6. The third kappa shape index (κ3) is 4.26. The topological polar surface area (TPSA) is 43.4 Å². The number of halogens is 1. The Bertz CT molecular complexity index is 587. The van der Waals surface area contributed by atoms with Gasteiger partial charge in [-0.2, -0.15) is 0 Å². The fraction of sp³-hybridized carbons (Fsp3) is 0.312. The molecule has 1 aromatic heterocycles. The highest BCUT2D eigenvalue weighted by atomic mass is 35.5. The Hall–Kier alpha value is -1.94. The van der Waals surface area contributed by atoms with Crippen LogP contribution in [0.3, 0.4) is 0 Å². The summed E-state index contributed by atoms with van der Waals surface area (Å²) in [6, 6.07) is 9.90. The molecular formula is C16H19ClN2O2. The lowest BCUT2D eigenvalue weighted by atomic mass is 10.1. The summed E-state index contributed by atoms with van der Waals surface area (Å²) in [5.41, 5.74) is 2.13. The van der Waals surface area contributed by atoms with Crippen molar-refractivity contribution in [3.05, 3.63) is 47.2 Å². The maximum absolute atomic E-state index is 5.78. The largest absolute Gasteiger partial charge is 0.493 e. The van der Waals surface area contributed by atoms with Crippen LogP contribution in [0, 0.1) is 0 Å². The monoisotopic (exact) mass is 306 g/mol. The zero-order valence-electron chi connectivity index (χ0n) is 12.4. The normalized spacial score (nSPS) is 11.8. The van der Waals surface area contributed by atoms with Crippen molar-refractivity contribution in [3.63, 3.8) is 0 Å². The molecule has 1 heterocycles. The van der Waals surface area contributed by atoms with Crippen molar-refractivity contribution in [1.29, 1.82) is 0 Å². The Kier molecular flexibility index (Phi) is 5.28. The molecule has 0 spiro atoms. The van der Waals surface area contributed by atoms with E-state index in [9.17, 15) is 0 Å². The summed E-state index contributed by atoms with van der Waals surface area (Å²) in [6.45, 7) is 2.12. The lowest BCUT2D eigenvalue weighted by Crippen LogP contribution is -2.18. The van der Waals surface area contributed by atoms with Crippen molar-refractivity contribution < 1.29 is 9.47 Å². The average molecular weight is 307 g/mol. The zero-order valence-corrected chi connectivity index (χ0v) is 13.1. The lowest BCUT2D eigenvalue weighted by molar-refractivity contribution is 0.354. The molecule has 2 aromatic rings. The molecule has 1 N–H and O–H groups in total. The summed E-state index contributed by atoms with van der Waals surface area (Å²) in [7, 11) is 3.28. The molecular weight excluding hydrogens is 288 g/mol. The number of benzene rings is 1. The molecule has 1 unspecified atom stereocenters. The van der Waals surface area contributed by atoms with Gasteiger partial charge in [0.2, 0.25) is 0 Å². The Morgan fingerprint density at radius 3 is 2.52 bits per heavy atom. The molecule has 4 nitrogen and oxygen atoms in total. The second kappa shape index (κ2) is 7.18. The van der Waals surface area contributed by atoms with E-state index in [2.05, 4.69) is 17.2 Å². The minimum atomic E-state index is 0.256. The van der Waals surface area contributed by atoms with Crippen LogP contribution in [-0.4, -0.2) is 25.2 Å². The molecule has 2 rings (SSSR count). The van der Waals surface area contributed by atoms with E-state index in [4.69, 9.17) is 21.1 Å². The number of anilines is 1. The van der Waals surface area contributed by atoms with Gasteiger partial charge in [-0.05, 0) is 43.2 Å². The quantitative estimate of drug-likeness (QED) is 0.825. The summed E-state index contributed by atoms with van der Waals surface area (Å²) in [4.78, 5) is 4.06. The Labute approximate surface area is 130 Å². The first-order valence-electron chi connectivity index (χ1n) is 6.71. The molecule has 0 fully saturated rings. The van der Waals surface area contributed by atoms with Gasteiger partial charge in [-0.15, -0.1) is 0 Å². The molecule has 0 saturated carbocycles. The molecule has 1 atom stereocenters. The van der Waals surface area contributed by atoms with Crippen LogP contribution in [0.4, 0.5) is 5.69 Å². The molecule has 0 aliphatic rings. The number of hydrogen-bond donors (Lipinski definition) is 1. The second-order valence-corrected chi connectivity index (χ2v) is 5.20. The van der Waals surface area contributed by atoms with Crippen molar-refractivity contribution in [2.24, 2.45) is 0 Å². The molecule has 0 aliphatic carbocycles. The standard InChI is InChI=1S/C16H19ClN2O2/c1-11(19-13-5-7-16(17)18-10-13)8-12-4-6-14(20-2)15(9-12)21-3/h4-7,9-11,19H,8H2,1-3H3. The van der Waals surface area contributed by atoms with E-state index < -0.39 is 0 Å². The number of nitrogens with zero attached hydrogens (tertiary/aromatic N) is 1. The number of pyridine rings is 1. The van der Waals surface area contributed by atoms with Gasteiger partial charge in [-0.25, -0.2) is 4.98 Å². The van der Waals surface area contributed by atoms with E-state index in [1.807, 2.05) is 24.3 Å². The Balaban J connectivity index is 2.02. The van der Waals surface area contributed by atoms with Gasteiger partial charge in [0, 0.05) is 6.04 Å². The SMILES string of the molecule is COc1ccc(CC(C)Nc2ccc(Cl)nc2)cc1OC. The van der Waals surface area contributed by atoms with Crippen molar-refractivity contribution in [1.82, 2.24) is 4.98 Å². The maximum atomic E-state index is 5.78. The highest BCUT2D eigenvalue weighted by Gasteiger charge is 2.08. The van der Waals surface area contributed by atoms with Gasteiger partial charge in [0.05, 0.1) is 26.1 Å². The first-order chi connectivity index (χ1) is 10.1. The summed E-state index contributed by atoms with van der Waals surface area (Å²) in [5, 5.41) is 3.88. The van der Waals surface area contributed by atoms with Gasteiger partial charge in [0.1, 0.15) is 5.15 Å². The van der Waals surface area contributed by atoms with E-state index in [-0.39, 0.29) is 6.04 Å². The van der Waals surface area contributed by atoms with Crippen LogP contribution >= 0.6 is 11.6 Å². The van der Waals surface area contributed by atoms with Crippen LogP contribution < -0.4 is 14.8 Å². The van der Waals surface area contributed by atoms with E-state index >= 15 is 0 Å². The Morgan fingerprint density at radius 2 is 1.90 bits per heavy atom. The fourth-order valence-corrected chi connectivity index (χ4v) is 2.27. The molecule has 112 valence electrons. The molecule has 0 radical (unpaired) electrons. The van der Waals surface area contributed by atoms with Crippen molar-refractivity contribution in [3.8, 4) is 11.5 Å². The van der Waals surface area contributed by atoms with Crippen LogP contribution in [0.25, 0.3) is 0 Å². The van der Waals surface area contributed by atoms with Gasteiger partial charge >= 0.3 is 0 Å². The van der Waals surface area contributed by atoms with Gasteiger partial charge in [-0.1, -0.05) is 17.7 Å². The highest BCUT2D eigenvalue weighted by molar-refractivity contribution is 6.29. The first kappa shape index (κ1) is 15.4. The maximum Gasteiger partial charge on any atom is 0.160 e. The van der Waals surface area contributed by atoms with Gasteiger partial charge in [0.15, 0.2) is 11.5 Å². The minimum Gasteiger partial charge on any atom is -0.493 e. The van der Waals surface area contributed by atoms with Crippen LogP contribution in [0.1, 0.15) is 12.5 Å². The van der Waals surface area contributed by atoms with E-state index in [1.54, 1.807) is 26.5 Å². The van der Waals surface area contributed by atoms with Crippen molar-refractivity contribution in [2.75, 3.05) is 19.5 Å². The van der Waals surface area contributed by atoms with Crippen LogP contribution in [0.15, 0.2) is 36.5 Å². The first-order valence-corrected chi connectivity index (χ1v) is 7.09. The molecule has 0 saturated heterocycles. The smallest absolute Gasteiger partial charge is 0.160 e. The number of methoxy groups -OCH3 is 2. The van der Waals surface area contributed by atoms with Gasteiger partial charge in [0.25, 0.3) is 0 Å². The summed E-state index contributed by atoms with van der Waals surface area (Å²) >= 11 is 5.78.